The van der Waals surface area contributed by atoms with Crippen LogP contribution >= 0.6 is 0 Å². The minimum atomic E-state index is -3.73. The van der Waals surface area contributed by atoms with Gasteiger partial charge in [-0.2, -0.15) is 12.8 Å². The van der Waals surface area contributed by atoms with Crippen LogP contribution in [0.4, 0.5) is 5.69 Å². The molecular formula is C19H27N3O3S. The first-order valence-electron chi connectivity index (χ1n) is 9.30. The molecule has 2 aliphatic rings. The predicted molar refractivity (Wildman–Crippen MR) is 103 cm³/mol. The van der Waals surface area contributed by atoms with E-state index in [-0.39, 0.29) is 22.6 Å². The second-order valence-electron chi connectivity index (χ2n) is 7.33. The molecule has 26 heavy (non-hydrogen) atoms. The second kappa shape index (κ2) is 7.88. The fourth-order valence-corrected chi connectivity index (χ4v) is 4.60. The summed E-state index contributed by atoms with van der Waals surface area (Å²) < 4.78 is 29.3. The lowest BCUT2D eigenvalue weighted by atomic mass is 9.85. The number of benzene rings is 1. The zero-order valence-corrected chi connectivity index (χ0v) is 16.2. The molecule has 6 nitrogen and oxygen atoms in total. The molecule has 2 fully saturated rings. The van der Waals surface area contributed by atoms with E-state index in [0.29, 0.717) is 11.4 Å². The Balaban J connectivity index is 1.75. The molecule has 1 aliphatic carbocycles. The van der Waals surface area contributed by atoms with E-state index in [1.165, 1.54) is 6.07 Å². The third-order valence-corrected chi connectivity index (χ3v) is 6.80. The molecule has 7 heteroatoms. The Labute approximate surface area is 155 Å². The lowest BCUT2D eigenvalue weighted by Gasteiger charge is -2.24. The average molecular weight is 378 g/mol. The fourth-order valence-electron chi connectivity index (χ4n) is 3.40. The van der Waals surface area contributed by atoms with Crippen molar-refractivity contribution in [3.05, 3.63) is 23.8 Å². The zero-order valence-electron chi connectivity index (χ0n) is 15.4. The van der Waals surface area contributed by atoms with Crippen LogP contribution in [0.25, 0.3) is 0 Å². The Bertz CT molecular complexity index is 807. The molecule has 0 bridgehead atoms. The van der Waals surface area contributed by atoms with Crippen LogP contribution < -0.4 is 10.6 Å². The zero-order chi connectivity index (χ0) is 18.7. The van der Waals surface area contributed by atoms with E-state index in [0.717, 1.165) is 50.8 Å². The number of amides is 1. The minimum Gasteiger partial charge on any atom is -0.326 e. The third kappa shape index (κ3) is 4.32. The maximum atomic E-state index is 12.6. The van der Waals surface area contributed by atoms with Gasteiger partial charge in [0.05, 0.1) is 4.90 Å². The molecule has 1 aromatic rings. The Morgan fingerprint density at radius 2 is 1.85 bits per heavy atom. The number of hydrogen-bond donors (Lipinski definition) is 2. The molecule has 0 radical (unpaired) electrons. The van der Waals surface area contributed by atoms with E-state index in [1.807, 2.05) is 0 Å². The topological polar surface area (TPSA) is 87.6 Å². The van der Waals surface area contributed by atoms with Gasteiger partial charge in [-0.25, -0.2) is 0 Å². The van der Waals surface area contributed by atoms with Crippen molar-refractivity contribution in [2.45, 2.75) is 50.8 Å². The van der Waals surface area contributed by atoms with Gasteiger partial charge in [0.2, 0.25) is 5.91 Å². The van der Waals surface area contributed by atoms with Crippen LogP contribution in [-0.2, 0) is 14.8 Å². The van der Waals surface area contributed by atoms with Crippen molar-refractivity contribution in [2.24, 2.45) is 16.2 Å². The van der Waals surface area contributed by atoms with Crippen LogP contribution in [0.3, 0.4) is 0 Å². The summed E-state index contributed by atoms with van der Waals surface area (Å²) in [6.07, 6.45) is 4.79. The van der Waals surface area contributed by atoms with Crippen LogP contribution in [0.5, 0.6) is 0 Å². The standard InChI is InChI=1S/C19H27N3O3S/c1-13-12-17(6-7-18(13)21-19(23)16-4-3-5-16)26(24,25)22-14(2)15-8-10-20-11-9-15/h6-7,12,15-16,20H,3-5,8-11H2,1-2H3,(H,21,23). The molecule has 2 N–H and O–H groups in total. The summed E-state index contributed by atoms with van der Waals surface area (Å²) in [4.78, 5) is 12.3. The molecular weight excluding hydrogens is 350 g/mol. The number of aryl methyl sites for hydroxylation is 1. The van der Waals surface area contributed by atoms with Gasteiger partial charge in [0, 0.05) is 23.2 Å². The molecule has 3 rings (SSSR count). The highest BCUT2D eigenvalue weighted by Crippen LogP contribution is 2.29. The second-order valence-corrected chi connectivity index (χ2v) is 8.93. The highest BCUT2D eigenvalue weighted by Gasteiger charge is 2.26. The number of nitrogens with one attached hydrogen (secondary N) is 2. The van der Waals surface area contributed by atoms with Gasteiger partial charge >= 0.3 is 0 Å². The van der Waals surface area contributed by atoms with Crippen LogP contribution in [0, 0.1) is 18.8 Å². The molecule has 0 unspecified atom stereocenters. The quantitative estimate of drug-likeness (QED) is 0.773. The monoisotopic (exact) mass is 377 g/mol. The Morgan fingerprint density at radius 3 is 2.42 bits per heavy atom. The third-order valence-electron chi connectivity index (χ3n) is 5.42. The van der Waals surface area contributed by atoms with Crippen LogP contribution in [0.15, 0.2) is 27.5 Å². The summed E-state index contributed by atoms with van der Waals surface area (Å²) in [7, 11) is -3.73. The van der Waals surface area contributed by atoms with E-state index in [9.17, 15) is 13.2 Å². The van der Waals surface area contributed by atoms with E-state index >= 15 is 0 Å². The lowest BCUT2D eigenvalue weighted by molar-refractivity contribution is -0.122. The largest absolute Gasteiger partial charge is 0.326 e. The van der Waals surface area contributed by atoms with Gasteiger partial charge in [-0.1, -0.05) is 6.42 Å². The van der Waals surface area contributed by atoms with Gasteiger partial charge in [0.1, 0.15) is 0 Å². The van der Waals surface area contributed by atoms with Crippen molar-refractivity contribution in [2.75, 3.05) is 18.4 Å². The van der Waals surface area contributed by atoms with E-state index < -0.39 is 10.0 Å². The molecule has 1 aliphatic heterocycles. The average Bonchev–Trinajstić information content (AvgIpc) is 2.55. The maximum Gasteiger partial charge on any atom is 0.282 e. The Hall–Kier alpha value is -1.73. The fraction of sp³-hybridized carbons (Fsp3) is 0.579. The minimum absolute atomic E-state index is 0.0229. The van der Waals surface area contributed by atoms with Crippen molar-refractivity contribution < 1.29 is 13.2 Å². The summed E-state index contributed by atoms with van der Waals surface area (Å²) in [5, 5.41) is 6.18. The number of anilines is 1. The number of hydrogen-bond acceptors (Lipinski definition) is 4. The highest BCUT2D eigenvalue weighted by molar-refractivity contribution is 7.90. The van der Waals surface area contributed by atoms with Crippen LogP contribution in [-0.4, -0.2) is 33.1 Å². The van der Waals surface area contributed by atoms with Crippen molar-refractivity contribution in [1.29, 1.82) is 0 Å². The SMILES string of the molecule is CC(=NS(=O)(=O)c1ccc(NC(=O)C2CCC2)c(C)c1)C1CCNCC1. The van der Waals surface area contributed by atoms with Gasteiger partial charge in [0.15, 0.2) is 0 Å². The van der Waals surface area contributed by atoms with E-state index in [1.54, 1.807) is 26.0 Å². The Kier molecular flexibility index (Phi) is 5.77. The smallest absolute Gasteiger partial charge is 0.282 e. The molecule has 0 atom stereocenters. The number of piperidine rings is 1. The van der Waals surface area contributed by atoms with Crippen LogP contribution in [0.1, 0.15) is 44.6 Å². The van der Waals surface area contributed by atoms with Crippen molar-refractivity contribution in [3.63, 3.8) is 0 Å². The lowest BCUT2D eigenvalue weighted by Crippen LogP contribution is -2.31. The first-order chi connectivity index (χ1) is 12.4. The first kappa shape index (κ1) is 19.0. The summed E-state index contributed by atoms with van der Waals surface area (Å²) in [6.45, 7) is 5.39. The van der Waals surface area contributed by atoms with Crippen LogP contribution in [0.2, 0.25) is 0 Å². The number of rotatable bonds is 5. The van der Waals surface area contributed by atoms with E-state index in [4.69, 9.17) is 0 Å². The molecule has 1 aromatic carbocycles. The Morgan fingerprint density at radius 1 is 1.15 bits per heavy atom. The van der Waals surface area contributed by atoms with Crippen molar-refractivity contribution in [1.82, 2.24) is 5.32 Å². The molecule has 1 amide bonds. The highest BCUT2D eigenvalue weighted by atomic mass is 32.2. The molecule has 142 valence electrons. The van der Waals surface area contributed by atoms with Gasteiger partial charge in [-0.3, -0.25) is 4.79 Å². The van der Waals surface area contributed by atoms with Gasteiger partial charge in [-0.05, 0) is 76.4 Å². The summed E-state index contributed by atoms with van der Waals surface area (Å²) in [6, 6.07) is 4.77. The molecule has 1 saturated heterocycles. The molecule has 1 saturated carbocycles. The van der Waals surface area contributed by atoms with Gasteiger partial charge < -0.3 is 10.6 Å². The molecule has 0 aromatic heterocycles. The van der Waals surface area contributed by atoms with Gasteiger partial charge in [-0.15, -0.1) is 0 Å². The predicted octanol–water partition coefficient (Wildman–Crippen LogP) is 2.88. The van der Waals surface area contributed by atoms with Gasteiger partial charge in [0.25, 0.3) is 10.0 Å². The first-order valence-corrected chi connectivity index (χ1v) is 10.7. The maximum absolute atomic E-state index is 12.6. The normalized spacial score (nSPS) is 19.8. The van der Waals surface area contributed by atoms with Crippen molar-refractivity contribution in [3.8, 4) is 0 Å². The summed E-state index contributed by atoms with van der Waals surface area (Å²) in [5.41, 5.74) is 2.07. The number of sulfonamides is 1. The molecule has 0 spiro atoms. The van der Waals surface area contributed by atoms with E-state index in [2.05, 4.69) is 15.0 Å². The summed E-state index contributed by atoms with van der Waals surface area (Å²) in [5.74, 6) is 0.331. The summed E-state index contributed by atoms with van der Waals surface area (Å²) >= 11 is 0. The number of nitrogens with zero attached hydrogens (tertiary/aromatic N) is 1. The number of carbonyl (C=O) groups is 1. The van der Waals surface area contributed by atoms with Crippen molar-refractivity contribution >= 4 is 27.3 Å². The number of carbonyl (C=O) groups excluding carboxylic acids is 1. The molecule has 1 heterocycles.